The summed E-state index contributed by atoms with van der Waals surface area (Å²) in [5.74, 6) is 1.06. The first-order chi connectivity index (χ1) is 4.79. The molecule has 1 saturated carbocycles. The van der Waals surface area contributed by atoms with Crippen molar-refractivity contribution < 1.29 is 4.52 Å². The van der Waals surface area contributed by atoms with Crippen molar-refractivity contribution in [2.24, 2.45) is 0 Å². The minimum atomic E-state index is 0.467. The number of nitrogens with two attached hydrogens (primary N) is 1. The van der Waals surface area contributed by atoms with Crippen LogP contribution in [0.15, 0.2) is 9.13 Å². The molecule has 0 radical (unpaired) electrons. The third kappa shape index (κ3) is 0.831. The topological polar surface area (TPSA) is 52.0 Å². The number of nitrogen functional groups attached to an aromatic ring is 1. The summed E-state index contributed by atoms with van der Waals surface area (Å²) in [4.78, 5) is 0. The van der Waals surface area contributed by atoms with Gasteiger partial charge in [-0.1, -0.05) is 5.16 Å². The molecular formula is C6H7BrN2O. The molecule has 1 heterocycles. The quantitative estimate of drug-likeness (QED) is 0.758. The standard InChI is InChI=1S/C6H7BrN2O/c7-5-4(3-1-2-3)6(8)10-9-5/h3H,1-2,8H2. The van der Waals surface area contributed by atoms with Crippen molar-refractivity contribution in [1.29, 1.82) is 0 Å². The van der Waals surface area contributed by atoms with Crippen LogP contribution in [0, 0.1) is 0 Å². The highest BCUT2D eigenvalue weighted by Crippen LogP contribution is 2.45. The Hall–Kier alpha value is -0.510. The van der Waals surface area contributed by atoms with Crippen molar-refractivity contribution in [2.45, 2.75) is 18.8 Å². The highest BCUT2D eigenvalue weighted by atomic mass is 79.9. The maximum absolute atomic E-state index is 5.52. The minimum absolute atomic E-state index is 0.467. The third-order valence-corrected chi connectivity index (χ3v) is 2.27. The molecule has 1 fully saturated rings. The van der Waals surface area contributed by atoms with Crippen molar-refractivity contribution in [1.82, 2.24) is 5.16 Å². The summed E-state index contributed by atoms with van der Waals surface area (Å²) in [6.07, 6.45) is 2.42. The number of hydrogen-bond donors (Lipinski definition) is 1. The molecule has 1 aromatic rings. The second-order valence-corrected chi connectivity index (χ2v) is 3.28. The summed E-state index contributed by atoms with van der Waals surface area (Å²) < 4.78 is 5.55. The number of aromatic nitrogens is 1. The molecule has 0 bridgehead atoms. The summed E-state index contributed by atoms with van der Waals surface area (Å²) in [6.45, 7) is 0. The zero-order valence-corrected chi connectivity index (χ0v) is 6.89. The molecule has 4 heteroatoms. The van der Waals surface area contributed by atoms with Crippen LogP contribution in [0.2, 0.25) is 0 Å². The van der Waals surface area contributed by atoms with Gasteiger partial charge in [-0.05, 0) is 34.7 Å². The molecule has 3 nitrogen and oxygen atoms in total. The molecule has 0 unspecified atom stereocenters. The number of rotatable bonds is 1. The normalized spacial score (nSPS) is 17.7. The van der Waals surface area contributed by atoms with Crippen molar-refractivity contribution >= 4 is 21.8 Å². The zero-order chi connectivity index (χ0) is 7.14. The van der Waals surface area contributed by atoms with E-state index in [1.54, 1.807) is 0 Å². The van der Waals surface area contributed by atoms with Gasteiger partial charge in [-0.2, -0.15) is 0 Å². The van der Waals surface area contributed by atoms with E-state index in [-0.39, 0.29) is 0 Å². The lowest BCUT2D eigenvalue weighted by Crippen LogP contribution is -1.86. The van der Waals surface area contributed by atoms with Crippen LogP contribution in [0.3, 0.4) is 0 Å². The SMILES string of the molecule is Nc1onc(Br)c1C1CC1. The fourth-order valence-electron chi connectivity index (χ4n) is 1.03. The van der Waals surface area contributed by atoms with Gasteiger partial charge in [0.2, 0.25) is 5.88 Å². The Kier molecular flexibility index (Phi) is 1.23. The van der Waals surface area contributed by atoms with Gasteiger partial charge in [0.15, 0.2) is 4.60 Å². The lowest BCUT2D eigenvalue weighted by molar-refractivity contribution is 0.431. The van der Waals surface area contributed by atoms with Gasteiger partial charge < -0.3 is 10.3 Å². The second-order valence-electron chi connectivity index (χ2n) is 2.53. The van der Waals surface area contributed by atoms with Crippen molar-refractivity contribution in [2.75, 3.05) is 5.73 Å². The zero-order valence-electron chi connectivity index (χ0n) is 5.30. The average molecular weight is 203 g/mol. The van der Waals surface area contributed by atoms with Gasteiger partial charge in [0.1, 0.15) is 0 Å². The van der Waals surface area contributed by atoms with Gasteiger partial charge in [-0.3, -0.25) is 0 Å². The first-order valence-corrected chi connectivity index (χ1v) is 3.99. The van der Waals surface area contributed by atoms with E-state index in [0.717, 1.165) is 10.2 Å². The molecule has 0 atom stereocenters. The number of halogens is 1. The van der Waals surface area contributed by atoms with Gasteiger partial charge >= 0.3 is 0 Å². The van der Waals surface area contributed by atoms with Crippen LogP contribution in [0.1, 0.15) is 24.3 Å². The molecule has 0 amide bonds. The Morgan fingerprint density at radius 3 is 2.70 bits per heavy atom. The molecule has 2 rings (SSSR count). The van der Waals surface area contributed by atoms with E-state index < -0.39 is 0 Å². The second kappa shape index (κ2) is 1.99. The van der Waals surface area contributed by atoms with Crippen LogP contribution in [0.5, 0.6) is 0 Å². The third-order valence-electron chi connectivity index (χ3n) is 1.70. The van der Waals surface area contributed by atoms with Crippen LogP contribution in [-0.4, -0.2) is 5.16 Å². The number of nitrogens with zero attached hydrogens (tertiary/aromatic N) is 1. The van der Waals surface area contributed by atoms with Gasteiger partial charge in [0.25, 0.3) is 0 Å². The van der Waals surface area contributed by atoms with Crippen LogP contribution >= 0.6 is 15.9 Å². The summed E-state index contributed by atoms with van der Waals surface area (Å²) in [5.41, 5.74) is 6.58. The first kappa shape index (κ1) is 6.22. The smallest absolute Gasteiger partial charge is 0.226 e. The largest absolute Gasteiger partial charge is 0.367 e. The molecule has 0 spiro atoms. The van der Waals surface area contributed by atoms with E-state index in [1.807, 2.05) is 0 Å². The van der Waals surface area contributed by atoms with E-state index in [1.165, 1.54) is 12.8 Å². The highest BCUT2D eigenvalue weighted by Gasteiger charge is 2.30. The molecule has 0 saturated heterocycles. The number of hydrogen-bond acceptors (Lipinski definition) is 3. The first-order valence-electron chi connectivity index (χ1n) is 3.19. The van der Waals surface area contributed by atoms with Gasteiger partial charge in [-0.15, -0.1) is 0 Å². The van der Waals surface area contributed by atoms with Crippen LogP contribution in [0.25, 0.3) is 0 Å². The minimum Gasteiger partial charge on any atom is -0.367 e. The number of anilines is 1. The lowest BCUT2D eigenvalue weighted by Gasteiger charge is -1.89. The van der Waals surface area contributed by atoms with Crippen LogP contribution in [-0.2, 0) is 0 Å². The molecule has 1 aliphatic carbocycles. The average Bonchev–Trinajstić information content (AvgIpc) is 2.64. The molecule has 10 heavy (non-hydrogen) atoms. The van der Waals surface area contributed by atoms with Gasteiger partial charge in [0, 0.05) is 0 Å². The summed E-state index contributed by atoms with van der Waals surface area (Å²) in [5, 5.41) is 3.69. The van der Waals surface area contributed by atoms with Crippen molar-refractivity contribution in [3.05, 3.63) is 10.2 Å². The van der Waals surface area contributed by atoms with E-state index in [0.29, 0.717) is 11.8 Å². The molecule has 2 N–H and O–H groups in total. The molecule has 1 aliphatic rings. The molecule has 0 aromatic carbocycles. The monoisotopic (exact) mass is 202 g/mol. The summed E-state index contributed by atoms with van der Waals surface area (Å²) in [6, 6.07) is 0. The molecule has 54 valence electrons. The van der Waals surface area contributed by atoms with E-state index in [9.17, 15) is 0 Å². The van der Waals surface area contributed by atoms with E-state index in [2.05, 4.69) is 21.1 Å². The van der Waals surface area contributed by atoms with Crippen molar-refractivity contribution in [3.63, 3.8) is 0 Å². The predicted octanol–water partition coefficient (Wildman–Crippen LogP) is 1.90. The predicted molar refractivity (Wildman–Crippen MR) is 40.6 cm³/mol. The van der Waals surface area contributed by atoms with Crippen LogP contribution < -0.4 is 5.73 Å². The fraction of sp³-hybridized carbons (Fsp3) is 0.500. The maximum Gasteiger partial charge on any atom is 0.226 e. The molecule has 1 aromatic heterocycles. The Morgan fingerprint density at radius 1 is 1.60 bits per heavy atom. The van der Waals surface area contributed by atoms with Crippen LogP contribution in [0.4, 0.5) is 5.88 Å². The summed E-state index contributed by atoms with van der Waals surface area (Å²) >= 11 is 3.27. The maximum atomic E-state index is 5.52. The summed E-state index contributed by atoms with van der Waals surface area (Å²) in [7, 11) is 0. The molecule has 0 aliphatic heterocycles. The Bertz CT molecular complexity index is 235. The Balaban J connectivity index is 2.44. The van der Waals surface area contributed by atoms with Gasteiger partial charge in [-0.25, -0.2) is 0 Å². The van der Waals surface area contributed by atoms with E-state index in [4.69, 9.17) is 10.3 Å². The highest BCUT2D eigenvalue weighted by molar-refractivity contribution is 9.10. The Morgan fingerprint density at radius 2 is 2.30 bits per heavy atom. The van der Waals surface area contributed by atoms with E-state index >= 15 is 0 Å². The fourth-order valence-corrected chi connectivity index (χ4v) is 1.62. The molecular weight excluding hydrogens is 196 g/mol. The lowest BCUT2D eigenvalue weighted by atomic mass is 10.2. The Labute approximate surface area is 66.7 Å². The van der Waals surface area contributed by atoms with Crippen molar-refractivity contribution in [3.8, 4) is 0 Å². The van der Waals surface area contributed by atoms with Gasteiger partial charge in [0.05, 0.1) is 5.56 Å².